The summed E-state index contributed by atoms with van der Waals surface area (Å²) in [5.74, 6) is 0.155. The van der Waals surface area contributed by atoms with E-state index in [-0.39, 0.29) is 12.5 Å². The minimum Gasteiger partial charge on any atom is -0.490 e. The minimum absolute atomic E-state index is 0.219. The average molecular weight is 462 g/mol. The van der Waals surface area contributed by atoms with E-state index in [1.165, 1.54) is 11.8 Å². The van der Waals surface area contributed by atoms with Crippen LogP contribution in [0, 0.1) is 6.92 Å². The highest BCUT2D eigenvalue weighted by Gasteiger charge is 2.24. The van der Waals surface area contributed by atoms with E-state index >= 15 is 0 Å². The molecule has 33 heavy (non-hydrogen) atoms. The summed E-state index contributed by atoms with van der Waals surface area (Å²) in [5, 5.41) is 5.46. The summed E-state index contributed by atoms with van der Waals surface area (Å²) in [6.07, 6.45) is 1.78. The summed E-state index contributed by atoms with van der Waals surface area (Å²) >= 11 is 1.28. The number of carbonyl (C=O) groups excluding carboxylic acids is 2. The summed E-state index contributed by atoms with van der Waals surface area (Å²) < 4.78 is 11.2. The predicted octanol–water partition coefficient (Wildman–Crippen LogP) is 4.30. The van der Waals surface area contributed by atoms with Crippen LogP contribution in [-0.4, -0.2) is 30.2 Å². The van der Waals surface area contributed by atoms with E-state index in [1.807, 2.05) is 62.4 Å². The molecule has 1 aliphatic rings. The monoisotopic (exact) mass is 461 g/mol. The second-order valence-corrected chi connectivity index (χ2v) is 8.36. The lowest BCUT2D eigenvalue weighted by atomic mass is 10.1. The number of aryl methyl sites for hydroxylation is 1. The first-order valence-electron chi connectivity index (χ1n) is 10.4. The normalized spacial score (nSPS) is 15.8. The molecule has 3 aromatic carbocycles. The number of nitrogens with one attached hydrogen (secondary N) is 1. The first kappa shape index (κ1) is 22.4. The van der Waals surface area contributed by atoms with Crippen molar-refractivity contribution >= 4 is 51.3 Å². The van der Waals surface area contributed by atoms with Gasteiger partial charge in [0.25, 0.3) is 11.8 Å². The number of ether oxygens (including phenoxy) is 2. The number of hydrogen-bond acceptors (Lipinski definition) is 6. The van der Waals surface area contributed by atoms with Crippen LogP contribution in [0.25, 0.3) is 16.8 Å². The second kappa shape index (κ2) is 9.79. The van der Waals surface area contributed by atoms with Crippen LogP contribution in [0.2, 0.25) is 0 Å². The van der Waals surface area contributed by atoms with Gasteiger partial charge >= 0.3 is 0 Å². The van der Waals surface area contributed by atoms with E-state index in [1.54, 1.807) is 12.1 Å². The molecule has 3 aromatic rings. The zero-order valence-corrected chi connectivity index (χ0v) is 19.1. The molecule has 8 heteroatoms. The third kappa shape index (κ3) is 5.18. The Bertz CT molecular complexity index is 1290. The lowest BCUT2D eigenvalue weighted by molar-refractivity contribution is -0.120. The van der Waals surface area contributed by atoms with Gasteiger partial charge in [-0.05, 0) is 66.4 Å². The SMILES string of the molecule is CCOc1cc(/C=C2/SC(=Nc3cccc4ccccc34)NC2=O)cc(C)c1OCC(N)=O. The van der Waals surface area contributed by atoms with Crippen molar-refractivity contribution in [1.82, 2.24) is 5.32 Å². The molecule has 0 saturated carbocycles. The fourth-order valence-corrected chi connectivity index (χ4v) is 4.32. The van der Waals surface area contributed by atoms with Crippen LogP contribution in [0.3, 0.4) is 0 Å². The molecule has 0 radical (unpaired) electrons. The fraction of sp³-hybridized carbons (Fsp3) is 0.160. The lowest BCUT2D eigenvalue weighted by Gasteiger charge is -2.14. The largest absolute Gasteiger partial charge is 0.490 e. The number of rotatable bonds is 7. The number of thioether (sulfide) groups is 1. The molecule has 1 aliphatic heterocycles. The number of carbonyl (C=O) groups is 2. The highest BCUT2D eigenvalue weighted by molar-refractivity contribution is 8.18. The molecule has 1 fully saturated rings. The minimum atomic E-state index is -0.569. The number of benzene rings is 3. The molecule has 2 amide bonds. The van der Waals surface area contributed by atoms with Crippen LogP contribution < -0.4 is 20.5 Å². The highest BCUT2D eigenvalue weighted by Crippen LogP contribution is 2.36. The van der Waals surface area contributed by atoms with E-state index in [2.05, 4.69) is 10.3 Å². The van der Waals surface area contributed by atoms with E-state index in [0.717, 1.165) is 27.6 Å². The summed E-state index contributed by atoms with van der Waals surface area (Å²) in [6, 6.07) is 17.5. The molecule has 1 heterocycles. The topological polar surface area (TPSA) is 103 Å². The zero-order valence-electron chi connectivity index (χ0n) is 18.3. The van der Waals surface area contributed by atoms with Gasteiger partial charge in [-0.1, -0.05) is 36.4 Å². The van der Waals surface area contributed by atoms with Crippen molar-refractivity contribution in [2.45, 2.75) is 13.8 Å². The zero-order chi connectivity index (χ0) is 23.4. The van der Waals surface area contributed by atoms with Gasteiger partial charge in [0.05, 0.1) is 17.2 Å². The standard InChI is InChI=1S/C25H23N3O4S/c1-3-31-20-12-16(11-15(2)23(20)32-14-22(26)29)13-21-24(30)28-25(33-21)27-19-10-6-8-17-7-4-5-9-18(17)19/h4-13H,3,14H2,1-2H3,(H2,26,29)(H,27,28,30)/b21-13+. The van der Waals surface area contributed by atoms with Gasteiger partial charge in [0.1, 0.15) is 0 Å². The molecule has 168 valence electrons. The number of nitrogens with zero attached hydrogens (tertiary/aromatic N) is 1. The molecule has 7 nitrogen and oxygen atoms in total. The number of primary amides is 1. The molecule has 0 bridgehead atoms. The van der Waals surface area contributed by atoms with E-state index < -0.39 is 5.91 Å². The Morgan fingerprint density at radius 3 is 2.73 bits per heavy atom. The first-order chi connectivity index (χ1) is 15.9. The van der Waals surface area contributed by atoms with Gasteiger partial charge in [0.2, 0.25) is 0 Å². The van der Waals surface area contributed by atoms with Gasteiger partial charge in [-0.3, -0.25) is 9.59 Å². The van der Waals surface area contributed by atoms with E-state index in [9.17, 15) is 9.59 Å². The van der Waals surface area contributed by atoms with Gasteiger partial charge in [0.15, 0.2) is 23.3 Å². The third-order valence-corrected chi connectivity index (χ3v) is 5.77. The summed E-state index contributed by atoms with van der Waals surface area (Å²) in [5.41, 5.74) is 7.52. The molecular formula is C25H23N3O4S. The Labute approximate surface area is 195 Å². The maximum absolute atomic E-state index is 12.6. The Morgan fingerprint density at radius 2 is 1.94 bits per heavy atom. The Morgan fingerprint density at radius 1 is 1.15 bits per heavy atom. The molecule has 0 atom stereocenters. The van der Waals surface area contributed by atoms with Crippen molar-refractivity contribution < 1.29 is 19.1 Å². The molecule has 0 spiro atoms. The smallest absolute Gasteiger partial charge is 0.264 e. The Hall–Kier alpha value is -3.78. The second-order valence-electron chi connectivity index (χ2n) is 7.33. The van der Waals surface area contributed by atoms with Crippen LogP contribution in [0.4, 0.5) is 5.69 Å². The maximum Gasteiger partial charge on any atom is 0.264 e. The van der Waals surface area contributed by atoms with Gasteiger partial charge in [0, 0.05) is 5.39 Å². The van der Waals surface area contributed by atoms with Crippen LogP contribution in [0.1, 0.15) is 18.1 Å². The van der Waals surface area contributed by atoms with Crippen LogP contribution in [0.15, 0.2) is 64.5 Å². The number of aliphatic imine (C=N–C) groups is 1. The summed E-state index contributed by atoms with van der Waals surface area (Å²) in [6.45, 7) is 3.88. The molecule has 4 rings (SSSR count). The molecular weight excluding hydrogens is 438 g/mol. The van der Waals surface area contributed by atoms with Crippen molar-refractivity contribution in [2.24, 2.45) is 10.7 Å². The van der Waals surface area contributed by atoms with Gasteiger partial charge < -0.3 is 20.5 Å². The molecule has 0 aliphatic carbocycles. The van der Waals surface area contributed by atoms with Crippen molar-refractivity contribution in [3.8, 4) is 11.5 Å². The van der Waals surface area contributed by atoms with Gasteiger partial charge in [-0.25, -0.2) is 4.99 Å². The Balaban J connectivity index is 1.62. The molecule has 3 N–H and O–H groups in total. The summed E-state index contributed by atoms with van der Waals surface area (Å²) in [4.78, 5) is 28.9. The lowest BCUT2D eigenvalue weighted by Crippen LogP contribution is -2.20. The molecule has 1 saturated heterocycles. The van der Waals surface area contributed by atoms with Crippen molar-refractivity contribution in [2.75, 3.05) is 13.2 Å². The molecule has 0 aromatic heterocycles. The number of amidine groups is 1. The van der Waals surface area contributed by atoms with Gasteiger partial charge in [-0.2, -0.15) is 0 Å². The number of nitrogens with two attached hydrogens (primary N) is 1. The fourth-order valence-electron chi connectivity index (χ4n) is 3.49. The van der Waals surface area contributed by atoms with Crippen LogP contribution in [-0.2, 0) is 9.59 Å². The van der Waals surface area contributed by atoms with Crippen molar-refractivity contribution in [3.05, 3.63) is 70.6 Å². The van der Waals surface area contributed by atoms with Gasteiger partial charge in [-0.15, -0.1) is 0 Å². The number of amides is 2. The third-order valence-electron chi connectivity index (χ3n) is 4.86. The highest BCUT2D eigenvalue weighted by atomic mass is 32.2. The Kier molecular flexibility index (Phi) is 6.65. The molecule has 0 unspecified atom stereocenters. The van der Waals surface area contributed by atoms with E-state index in [0.29, 0.717) is 28.2 Å². The van der Waals surface area contributed by atoms with Crippen molar-refractivity contribution in [1.29, 1.82) is 0 Å². The first-order valence-corrected chi connectivity index (χ1v) is 11.2. The van der Waals surface area contributed by atoms with Crippen LogP contribution in [0.5, 0.6) is 11.5 Å². The van der Waals surface area contributed by atoms with E-state index in [4.69, 9.17) is 15.2 Å². The predicted molar refractivity (Wildman–Crippen MR) is 132 cm³/mol. The van der Waals surface area contributed by atoms with Crippen molar-refractivity contribution in [3.63, 3.8) is 0 Å². The number of fused-ring (bicyclic) bond motifs is 1. The quantitative estimate of drug-likeness (QED) is 0.511. The average Bonchev–Trinajstić information content (AvgIpc) is 3.12. The number of hydrogen-bond donors (Lipinski definition) is 2. The summed E-state index contributed by atoms with van der Waals surface area (Å²) in [7, 11) is 0. The van der Waals surface area contributed by atoms with Crippen LogP contribution >= 0.6 is 11.8 Å². The maximum atomic E-state index is 12.6.